The Morgan fingerprint density at radius 2 is 2.35 bits per heavy atom. The summed E-state index contributed by atoms with van der Waals surface area (Å²) < 4.78 is 0. The van der Waals surface area contributed by atoms with Gasteiger partial charge in [0.25, 0.3) is 0 Å². The lowest BCUT2D eigenvalue weighted by Gasteiger charge is -2.33. The molecule has 3 N–H and O–H groups in total. The predicted octanol–water partition coefficient (Wildman–Crippen LogP) is 0.182. The van der Waals surface area contributed by atoms with E-state index in [2.05, 4.69) is 15.2 Å². The highest BCUT2D eigenvalue weighted by Gasteiger charge is 2.22. The van der Waals surface area contributed by atoms with E-state index in [-0.39, 0.29) is 5.91 Å². The molecule has 0 unspecified atom stereocenters. The average Bonchev–Trinajstić information content (AvgIpc) is 2.82. The lowest BCUT2D eigenvalue weighted by molar-refractivity contribution is -0.120. The van der Waals surface area contributed by atoms with Crippen molar-refractivity contribution in [3.05, 3.63) is 16.6 Å². The first-order valence-corrected chi connectivity index (χ1v) is 6.74. The molecular weight excluding hydrogens is 236 g/mol. The largest absolute Gasteiger partial charge is 0.369 e. The van der Waals surface area contributed by atoms with Gasteiger partial charge in [0.2, 0.25) is 5.91 Å². The van der Waals surface area contributed by atoms with Crippen molar-refractivity contribution < 1.29 is 4.79 Å². The lowest BCUT2D eigenvalue weighted by atomic mass is 10.0. The second-order valence-corrected chi connectivity index (χ2v) is 5.29. The van der Waals surface area contributed by atoms with Gasteiger partial charge in [-0.25, -0.2) is 0 Å². The van der Waals surface area contributed by atoms with E-state index in [4.69, 9.17) is 5.73 Å². The third-order valence-corrected chi connectivity index (χ3v) is 3.79. The highest BCUT2D eigenvalue weighted by molar-refractivity contribution is 7.09. The second kappa shape index (κ2) is 6.09. The van der Waals surface area contributed by atoms with Crippen LogP contribution in [0.3, 0.4) is 0 Å². The summed E-state index contributed by atoms with van der Waals surface area (Å²) in [6, 6.07) is 0.450. The number of nitrogens with two attached hydrogens (primary N) is 1. The van der Waals surface area contributed by atoms with Crippen molar-refractivity contribution in [2.75, 3.05) is 19.6 Å². The van der Waals surface area contributed by atoms with Crippen LogP contribution in [-0.2, 0) is 11.3 Å². The molecule has 0 radical (unpaired) electrons. The normalized spacial score (nSPS) is 17.5. The quantitative estimate of drug-likeness (QED) is 0.786. The van der Waals surface area contributed by atoms with Crippen LogP contribution >= 0.6 is 11.3 Å². The molecule has 5 nitrogen and oxygen atoms in total. The molecule has 1 aromatic rings. The Balaban J connectivity index is 1.98. The van der Waals surface area contributed by atoms with Gasteiger partial charge in [-0.15, -0.1) is 11.3 Å². The van der Waals surface area contributed by atoms with Gasteiger partial charge in [-0.2, -0.15) is 0 Å². The van der Waals surface area contributed by atoms with Gasteiger partial charge in [-0.3, -0.25) is 14.7 Å². The van der Waals surface area contributed by atoms with Crippen molar-refractivity contribution in [1.82, 2.24) is 15.2 Å². The van der Waals surface area contributed by atoms with Gasteiger partial charge >= 0.3 is 0 Å². The molecule has 2 heterocycles. The zero-order valence-electron chi connectivity index (χ0n) is 9.76. The Morgan fingerprint density at radius 1 is 1.59 bits per heavy atom. The van der Waals surface area contributed by atoms with Gasteiger partial charge in [0, 0.05) is 23.7 Å². The van der Waals surface area contributed by atoms with E-state index >= 15 is 0 Å². The minimum atomic E-state index is -0.256. The smallest absolute Gasteiger partial charge is 0.231 e. The summed E-state index contributed by atoms with van der Waals surface area (Å²) in [6.45, 7) is 3.14. The lowest BCUT2D eigenvalue weighted by Crippen LogP contribution is -2.45. The van der Waals surface area contributed by atoms with Crippen molar-refractivity contribution >= 4 is 17.2 Å². The number of aromatic nitrogens is 1. The zero-order chi connectivity index (χ0) is 12.1. The molecule has 0 atom stereocenters. The minimum absolute atomic E-state index is 0.256. The maximum Gasteiger partial charge on any atom is 0.231 e. The Morgan fingerprint density at radius 3 is 2.94 bits per heavy atom. The number of thiazole rings is 1. The SMILES string of the molecule is NC(=O)CN(Cc1cncs1)C1CCNCC1. The number of rotatable bonds is 5. The summed E-state index contributed by atoms with van der Waals surface area (Å²) in [5.74, 6) is -0.256. The molecule has 0 spiro atoms. The second-order valence-electron chi connectivity index (χ2n) is 4.32. The number of amides is 1. The Kier molecular flexibility index (Phi) is 4.47. The number of piperidine rings is 1. The minimum Gasteiger partial charge on any atom is -0.369 e. The van der Waals surface area contributed by atoms with Crippen LogP contribution in [0, 0.1) is 0 Å². The molecule has 0 saturated carbocycles. The summed E-state index contributed by atoms with van der Waals surface area (Å²) in [7, 11) is 0. The van der Waals surface area contributed by atoms with Crippen LogP contribution in [0.15, 0.2) is 11.7 Å². The van der Waals surface area contributed by atoms with Crippen LogP contribution in [0.4, 0.5) is 0 Å². The van der Waals surface area contributed by atoms with Crippen LogP contribution in [0.1, 0.15) is 17.7 Å². The molecule has 0 aliphatic carbocycles. The van der Waals surface area contributed by atoms with Crippen LogP contribution in [0.5, 0.6) is 0 Å². The molecule has 1 aromatic heterocycles. The molecule has 1 fully saturated rings. The first-order valence-electron chi connectivity index (χ1n) is 5.86. The van der Waals surface area contributed by atoms with Crippen molar-refractivity contribution in [3.63, 3.8) is 0 Å². The first kappa shape index (κ1) is 12.5. The maximum absolute atomic E-state index is 11.1. The number of nitrogens with one attached hydrogen (secondary N) is 1. The number of hydrogen-bond acceptors (Lipinski definition) is 5. The molecule has 1 aliphatic heterocycles. The summed E-state index contributed by atoms with van der Waals surface area (Å²) in [5.41, 5.74) is 7.14. The highest BCUT2D eigenvalue weighted by Crippen LogP contribution is 2.17. The molecule has 2 rings (SSSR count). The fourth-order valence-corrected chi connectivity index (χ4v) is 2.83. The van der Waals surface area contributed by atoms with Gasteiger partial charge in [-0.05, 0) is 25.9 Å². The average molecular weight is 254 g/mol. The molecule has 17 heavy (non-hydrogen) atoms. The summed E-state index contributed by atoms with van der Waals surface area (Å²) in [6.07, 6.45) is 4.01. The Bertz CT molecular complexity index is 348. The molecule has 1 aliphatic rings. The van der Waals surface area contributed by atoms with E-state index in [1.165, 1.54) is 4.88 Å². The monoisotopic (exact) mass is 254 g/mol. The third-order valence-electron chi connectivity index (χ3n) is 3.03. The molecule has 1 amide bonds. The fraction of sp³-hybridized carbons (Fsp3) is 0.636. The molecular formula is C11H18N4OS. The van der Waals surface area contributed by atoms with Gasteiger partial charge in [0.15, 0.2) is 0 Å². The molecule has 0 bridgehead atoms. The highest BCUT2D eigenvalue weighted by atomic mass is 32.1. The molecule has 0 aromatic carbocycles. The van der Waals surface area contributed by atoms with E-state index < -0.39 is 0 Å². The fourth-order valence-electron chi connectivity index (χ4n) is 2.21. The Labute approximate surface area is 105 Å². The summed E-state index contributed by atoms with van der Waals surface area (Å²) >= 11 is 1.62. The molecule has 1 saturated heterocycles. The summed E-state index contributed by atoms with van der Waals surface area (Å²) in [5, 5.41) is 3.33. The van der Waals surface area contributed by atoms with E-state index in [1.54, 1.807) is 11.3 Å². The predicted molar refractivity (Wildman–Crippen MR) is 67.6 cm³/mol. The van der Waals surface area contributed by atoms with Crippen molar-refractivity contribution in [2.24, 2.45) is 5.73 Å². The van der Waals surface area contributed by atoms with Gasteiger partial charge < -0.3 is 11.1 Å². The third kappa shape index (κ3) is 3.76. The van der Waals surface area contributed by atoms with E-state index in [1.807, 2.05) is 11.7 Å². The maximum atomic E-state index is 11.1. The van der Waals surface area contributed by atoms with Gasteiger partial charge in [-0.1, -0.05) is 0 Å². The van der Waals surface area contributed by atoms with Crippen LogP contribution in [-0.4, -0.2) is 41.5 Å². The number of carbonyl (C=O) groups is 1. The number of primary amides is 1. The standard InChI is InChI=1S/C11H18N4OS/c12-11(16)7-15(6-10-5-14-8-17-10)9-1-3-13-4-2-9/h5,8-9,13H,1-4,6-7H2,(H2,12,16). The molecule has 6 heteroatoms. The number of carbonyl (C=O) groups excluding carboxylic acids is 1. The van der Waals surface area contributed by atoms with E-state index in [0.29, 0.717) is 12.6 Å². The Hall–Kier alpha value is -0.980. The van der Waals surface area contributed by atoms with Crippen LogP contribution < -0.4 is 11.1 Å². The van der Waals surface area contributed by atoms with Crippen molar-refractivity contribution in [2.45, 2.75) is 25.4 Å². The zero-order valence-corrected chi connectivity index (χ0v) is 10.6. The number of nitrogens with zero attached hydrogens (tertiary/aromatic N) is 2. The van der Waals surface area contributed by atoms with Gasteiger partial charge in [0.05, 0.1) is 12.1 Å². The van der Waals surface area contributed by atoms with E-state index in [0.717, 1.165) is 32.5 Å². The van der Waals surface area contributed by atoms with Crippen molar-refractivity contribution in [3.8, 4) is 0 Å². The number of hydrogen-bond donors (Lipinski definition) is 2. The first-order chi connectivity index (χ1) is 8.25. The summed E-state index contributed by atoms with van der Waals surface area (Å²) in [4.78, 5) is 18.6. The van der Waals surface area contributed by atoms with E-state index in [9.17, 15) is 4.79 Å². The molecule has 94 valence electrons. The van der Waals surface area contributed by atoms with Crippen molar-refractivity contribution in [1.29, 1.82) is 0 Å². The van der Waals surface area contributed by atoms with Crippen LogP contribution in [0.2, 0.25) is 0 Å². The topological polar surface area (TPSA) is 71.2 Å². The van der Waals surface area contributed by atoms with Gasteiger partial charge in [0.1, 0.15) is 0 Å². The van der Waals surface area contributed by atoms with Crippen LogP contribution in [0.25, 0.3) is 0 Å².